The lowest BCUT2D eigenvalue weighted by atomic mass is 10.1. The van der Waals surface area contributed by atoms with E-state index in [0.717, 1.165) is 5.56 Å². The summed E-state index contributed by atoms with van der Waals surface area (Å²) >= 11 is 0. The lowest BCUT2D eigenvalue weighted by Crippen LogP contribution is -2.38. The van der Waals surface area contributed by atoms with Crippen molar-refractivity contribution in [2.24, 2.45) is 11.5 Å². The number of primary amides is 1. The molecule has 0 heterocycles. The molecule has 0 radical (unpaired) electrons. The van der Waals surface area contributed by atoms with Gasteiger partial charge in [0.2, 0.25) is 0 Å². The Morgan fingerprint density at radius 2 is 2.05 bits per heavy atom. The molecule has 0 spiro atoms. The van der Waals surface area contributed by atoms with E-state index in [2.05, 4.69) is 0 Å². The minimum absolute atomic E-state index is 0.138. The number of urea groups is 1. The predicted octanol–water partition coefficient (Wildman–Crippen LogP) is 0.289. The first-order chi connectivity index (χ1) is 8.93. The van der Waals surface area contributed by atoms with Crippen LogP contribution in [0.3, 0.4) is 0 Å². The van der Waals surface area contributed by atoms with E-state index in [-0.39, 0.29) is 12.6 Å². The van der Waals surface area contributed by atoms with Gasteiger partial charge in [-0.25, -0.2) is 4.79 Å². The first-order valence-corrected chi connectivity index (χ1v) is 5.59. The van der Waals surface area contributed by atoms with E-state index in [4.69, 9.17) is 20.9 Å². The van der Waals surface area contributed by atoms with E-state index >= 15 is 0 Å². The molecule has 0 aliphatic rings. The quantitative estimate of drug-likeness (QED) is 0.708. The van der Waals surface area contributed by atoms with Crippen LogP contribution < -0.4 is 26.3 Å². The second-order valence-electron chi connectivity index (χ2n) is 3.90. The van der Waals surface area contributed by atoms with Crippen molar-refractivity contribution >= 4 is 11.9 Å². The van der Waals surface area contributed by atoms with Crippen LogP contribution in [-0.2, 0) is 4.79 Å². The molecule has 1 aromatic rings. The number of carbonyl (C=O) groups excluding carboxylic acids is 2. The van der Waals surface area contributed by atoms with Crippen molar-refractivity contribution in [1.29, 1.82) is 0 Å². The molecule has 0 aliphatic carbocycles. The molecule has 0 unspecified atom stereocenters. The Bertz CT molecular complexity index is 474. The predicted molar refractivity (Wildman–Crippen MR) is 68.8 cm³/mol. The van der Waals surface area contributed by atoms with E-state index < -0.39 is 11.9 Å². The van der Waals surface area contributed by atoms with E-state index in [0.29, 0.717) is 11.5 Å². The van der Waals surface area contributed by atoms with Crippen LogP contribution in [0.1, 0.15) is 18.5 Å². The van der Waals surface area contributed by atoms with Crippen molar-refractivity contribution in [2.75, 3.05) is 13.7 Å². The van der Waals surface area contributed by atoms with Crippen LogP contribution in [0, 0.1) is 0 Å². The van der Waals surface area contributed by atoms with Crippen molar-refractivity contribution in [3.8, 4) is 11.5 Å². The zero-order valence-electron chi connectivity index (χ0n) is 10.8. The molecule has 19 heavy (non-hydrogen) atoms. The van der Waals surface area contributed by atoms with Gasteiger partial charge in [0.1, 0.15) is 0 Å². The maximum absolute atomic E-state index is 11.2. The maximum atomic E-state index is 11.2. The summed E-state index contributed by atoms with van der Waals surface area (Å²) in [5, 5.41) is 1.89. The third-order valence-corrected chi connectivity index (χ3v) is 2.33. The largest absolute Gasteiger partial charge is 0.493 e. The number of methoxy groups -OCH3 is 1. The number of rotatable bonds is 5. The topological polar surface area (TPSA) is 117 Å². The summed E-state index contributed by atoms with van der Waals surface area (Å²) in [5.41, 5.74) is 11.4. The molecule has 104 valence electrons. The molecule has 5 N–H and O–H groups in total. The van der Waals surface area contributed by atoms with Gasteiger partial charge in [-0.2, -0.15) is 0 Å². The third-order valence-electron chi connectivity index (χ3n) is 2.33. The third kappa shape index (κ3) is 4.47. The minimum atomic E-state index is -0.923. The van der Waals surface area contributed by atoms with E-state index in [1.807, 2.05) is 12.2 Å². The summed E-state index contributed by atoms with van der Waals surface area (Å²) in [6, 6.07) is 4.09. The number of benzene rings is 1. The van der Waals surface area contributed by atoms with Crippen molar-refractivity contribution in [3.63, 3.8) is 0 Å². The van der Waals surface area contributed by atoms with E-state index in [9.17, 15) is 9.59 Å². The summed E-state index contributed by atoms with van der Waals surface area (Å²) < 4.78 is 10.4. The lowest BCUT2D eigenvalue weighted by molar-refractivity contribution is -0.121. The molecule has 1 aromatic carbocycles. The highest BCUT2D eigenvalue weighted by Crippen LogP contribution is 2.29. The normalized spacial score (nSPS) is 11.5. The molecular formula is C12H17N3O4. The van der Waals surface area contributed by atoms with Gasteiger partial charge >= 0.3 is 6.03 Å². The fourth-order valence-electron chi connectivity index (χ4n) is 1.40. The second kappa shape index (κ2) is 6.60. The van der Waals surface area contributed by atoms with Crippen LogP contribution in [0.4, 0.5) is 4.79 Å². The Hall–Kier alpha value is -2.28. The summed E-state index contributed by atoms with van der Waals surface area (Å²) in [7, 11) is 1.48. The average molecular weight is 267 g/mol. The van der Waals surface area contributed by atoms with Gasteiger partial charge < -0.3 is 20.9 Å². The minimum Gasteiger partial charge on any atom is -0.493 e. The summed E-state index contributed by atoms with van der Waals surface area (Å²) in [6.07, 6.45) is 0. The molecule has 0 bridgehead atoms. The fraction of sp³-hybridized carbons (Fsp3) is 0.333. The van der Waals surface area contributed by atoms with Crippen LogP contribution in [0.5, 0.6) is 11.5 Å². The Kier molecular flexibility index (Phi) is 5.13. The number of imide groups is 1. The van der Waals surface area contributed by atoms with Gasteiger partial charge in [-0.05, 0) is 24.6 Å². The van der Waals surface area contributed by atoms with Crippen LogP contribution in [0.25, 0.3) is 0 Å². The van der Waals surface area contributed by atoms with Crippen molar-refractivity contribution in [2.45, 2.75) is 13.0 Å². The smallest absolute Gasteiger partial charge is 0.318 e. The monoisotopic (exact) mass is 267 g/mol. The number of nitrogens with two attached hydrogens (primary N) is 2. The first-order valence-electron chi connectivity index (χ1n) is 5.59. The number of carbonyl (C=O) groups is 2. The number of amides is 3. The molecule has 1 atom stereocenters. The second-order valence-corrected chi connectivity index (χ2v) is 3.90. The van der Waals surface area contributed by atoms with Crippen molar-refractivity contribution in [1.82, 2.24) is 5.32 Å². The van der Waals surface area contributed by atoms with Crippen LogP contribution in [-0.4, -0.2) is 25.7 Å². The van der Waals surface area contributed by atoms with Gasteiger partial charge in [0.25, 0.3) is 5.91 Å². The summed E-state index contributed by atoms with van der Waals surface area (Å²) in [5.74, 6) is 0.207. The Balaban J connectivity index is 2.73. The van der Waals surface area contributed by atoms with Gasteiger partial charge in [0.15, 0.2) is 18.1 Å². The van der Waals surface area contributed by atoms with Crippen molar-refractivity contribution in [3.05, 3.63) is 23.8 Å². The fourth-order valence-corrected chi connectivity index (χ4v) is 1.40. The van der Waals surface area contributed by atoms with Gasteiger partial charge in [-0.3, -0.25) is 10.1 Å². The highest BCUT2D eigenvalue weighted by molar-refractivity contribution is 5.94. The van der Waals surface area contributed by atoms with Gasteiger partial charge in [-0.15, -0.1) is 0 Å². The average Bonchev–Trinajstić information content (AvgIpc) is 2.35. The number of hydrogen-bond acceptors (Lipinski definition) is 5. The molecule has 0 fully saturated rings. The van der Waals surface area contributed by atoms with E-state index in [1.165, 1.54) is 7.11 Å². The molecule has 0 saturated carbocycles. The number of hydrogen-bond donors (Lipinski definition) is 3. The van der Waals surface area contributed by atoms with Crippen molar-refractivity contribution < 1.29 is 19.1 Å². The summed E-state index contributed by atoms with van der Waals surface area (Å²) in [6.45, 7) is 1.51. The van der Waals surface area contributed by atoms with Gasteiger partial charge in [-0.1, -0.05) is 6.07 Å². The highest BCUT2D eigenvalue weighted by atomic mass is 16.5. The lowest BCUT2D eigenvalue weighted by Gasteiger charge is -2.13. The molecule has 1 rings (SSSR count). The summed E-state index contributed by atoms with van der Waals surface area (Å²) in [4.78, 5) is 21.7. The molecule has 3 amide bonds. The standard InChI is InChI=1S/C12H17N3O4/c1-7(13)8-3-4-9(10(5-8)18-2)19-6-11(16)15-12(14)17/h3-5,7H,6,13H2,1-2H3,(H3,14,15,16,17)/t7-/m0/s1. The van der Waals surface area contributed by atoms with Gasteiger partial charge in [0, 0.05) is 6.04 Å². The highest BCUT2D eigenvalue weighted by Gasteiger charge is 2.10. The number of nitrogens with one attached hydrogen (secondary N) is 1. The Morgan fingerprint density at radius 1 is 1.37 bits per heavy atom. The zero-order chi connectivity index (χ0) is 14.4. The molecule has 0 aromatic heterocycles. The SMILES string of the molecule is COc1cc([C@H](C)N)ccc1OCC(=O)NC(N)=O. The Labute approximate surface area is 110 Å². The van der Waals surface area contributed by atoms with Gasteiger partial charge in [0.05, 0.1) is 7.11 Å². The van der Waals surface area contributed by atoms with Crippen LogP contribution >= 0.6 is 0 Å². The van der Waals surface area contributed by atoms with E-state index in [1.54, 1.807) is 18.2 Å². The molecule has 0 saturated heterocycles. The maximum Gasteiger partial charge on any atom is 0.318 e. The zero-order valence-corrected chi connectivity index (χ0v) is 10.8. The molecule has 7 nitrogen and oxygen atoms in total. The molecular weight excluding hydrogens is 250 g/mol. The molecule has 0 aliphatic heterocycles. The van der Waals surface area contributed by atoms with Crippen LogP contribution in [0.15, 0.2) is 18.2 Å². The molecule has 7 heteroatoms. The number of ether oxygens (including phenoxy) is 2. The first kappa shape index (κ1) is 14.8. The van der Waals surface area contributed by atoms with Crippen LogP contribution in [0.2, 0.25) is 0 Å². The Morgan fingerprint density at radius 3 is 2.58 bits per heavy atom.